The number of carboxylic acids is 1. The number of hydrogen-bond acceptors (Lipinski definition) is 4. The lowest BCUT2D eigenvalue weighted by Crippen LogP contribution is -2.53. The maximum atomic E-state index is 12.2. The average Bonchev–Trinajstić information content (AvgIpc) is 2.42. The summed E-state index contributed by atoms with van der Waals surface area (Å²) in [5.74, 6) is -1.50. The van der Waals surface area contributed by atoms with Crippen molar-refractivity contribution < 1.29 is 24.2 Å². The summed E-state index contributed by atoms with van der Waals surface area (Å²) < 4.78 is 5.47. The smallest absolute Gasteiger partial charge is 0.328 e. The minimum atomic E-state index is -1.20. The lowest BCUT2D eigenvalue weighted by molar-refractivity contribution is -0.141. The molecule has 0 spiro atoms. The Balaban J connectivity index is 2.30. The van der Waals surface area contributed by atoms with Crippen LogP contribution in [0.1, 0.15) is 13.8 Å². The van der Waals surface area contributed by atoms with Crippen molar-refractivity contribution in [3.8, 4) is 5.75 Å². The van der Waals surface area contributed by atoms with Crippen LogP contribution >= 0.6 is 0 Å². The zero-order chi connectivity index (χ0) is 15.6. The van der Waals surface area contributed by atoms with E-state index in [-0.39, 0.29) is 12.5 Å². The highest BCUT2D eigenvalue weighted by Crippen LogP contribution is 2.33. The number of anilines is 1. The summed E-state index contributed by atoms with van der Waals surface area (Å²) in [7, 11) is 0. The van der Waals surface area contributed by atoms with Gasteiger partial charge in [-0.2, -0.15) is 0 Å². The van der Waals surface area contributed by atoms with Gasteiger partial charge in [0.05, 0.1) is 12.2 Å². The van der Waals surface area contributed by atoms with Crippen LogP contribution in [0.4, 0.5) is 5.69 Å². The Labute approximate surface area is 121 Å². The maximum absolute atomic E-state index is 12.2. The van der Waals surface area contributed by atoms with Crippen molar-refractivity contribution in [3.63, 3.8) is 0 Å². The van der Waals surface area contributed by atoms with Gasteiger partial charge in [0.2, 0.25) is 5.91 Å². The minimum Gasteiger partial charge on any atom is -0.480 e. The quantitative estimate of drug-likeness (QED) is 0.837. The number of carbonyl (C=O) groups excluding carboxylic acids is 2. The SMILES string of the molecule is CC(=O)NC(CN1C(=O)C(C)Oc2ccccc21)C(=O)O. The van der Waals surface area contributed by atoms with E-state index in [4.69, 9.17) is 9.84 Å². The van der Waals surface area contributed by atoms with Crippen molar-refractivity contribution in [1.29, 1.82) is 0 Å². The molecule has 2 atom stereocenters. The van der Waals surface area contributed by atoms with E-state index in [1.807, 2.05) is 0 Å². The van der Waals surface area contributed by atoms with Crippen LogP contribution in [0.2, 0.25) is 0 Å². The van der Waals surface area contributed by atoms with E-state index in [0.29, 0.717) is 11.4 Å². The molecule has 7 heteroatoms. The molecule has 1 aromatic carbocycles. The number of carbonyl (C=O) groups is 3. The number of aliphatic carboxylic acids is 1. The third-order valence-electron chi connectivity index (χ3n) is 3.11. The van der Waals surface area contributed by atoms with Gasteiger partial charge in [-0.25, -0.2) is 4.79 Å². The van der Waals surface area contributed by atoms with E-state index in [2.05, 4.69) is 5.32 Å². The zero-order valence-corrected chi connectivity index (χ0v) is 11.7. The van der Waals surface area contributed by atoms with Crippen molar-refractivity contribution in [1.82, 2.24) is 5.32 Å². The molecule has 1 aliphatic rings. The Morgan fingerprint density at radius 1 is 1.43 bits per heavy atom. The minimum absolute atomic E-state index is 0.154. The van der Waals surface area contributed by atoms with Crippen LogP contribution in [0, 0.1) is 0 Å². The van der Waals surface area contributed by atoms with Crippen LogP contribution in [0.15, 0.2) is 24.3 Å². The van der Waals surface area contributed by atoms with Crippen LogP contribution in [0.5, 0.6) is 5.75 Å². The highest BCUT2D eigenvalue weighted by molar-refractivity contribution is 6.00. The first kappa shape index (κ1) is 14.8. The molecule has 1 aromatic rings. The predicted octanol–water partition coefficient (Wildman–Crippen LogP) is 0.390. The molecule has 0 aliphatic carbocycles. The molecule has 0 saturated heterocycles. The molecule has 0 saturated carbocycles. The van der Waals surface area contributed by atoms with E-state index in [1.54, 1.807) is 31.2 Å². The van der Waals surface area contributed by atoms with Crippen LogP contribution in [-0.2, 0) is 14.4 Å². The number of nitrogens with zero attached hydrogens (tertiary/aromatic N) is 1. The second-order valence-electron chi connectivity index (χ2n) is 4.77. The van der Waals surface area contributed by atoms with Gasteiger partial charge in [-0.1, -0.05) is 12.1 Å². The zero-order valence-electron chi connectivity index (χ0n) is 11.7. The van der Waals surface area contributed by atoms with Gasteiger partial charge in [-0.3, -0.25) is 9.59 Å². The number of benzene rings is 1. The Morgan fingerprint density at radius 2 is 2.10 bits per heavy atom. The van der Waals surface area contributed by atoms with Crippen molar-refractivity contribution in [3.05, 3.63) is 24.3 Å². The van der Waals surface area contributed by atoms with Crippen molar-refractivity contribution in [2.24, 2.45) is 0 Å². The van der Waals surface area contributed by atoms with E-state index in [0.717, 1.165) is 0 Å². The number of hydrogen-bond donors (Lipinski definition) is 2. The molecule has 112 valence electrons. The van der Waals surface area contributed by atoms with Crippen LogP contribution in [0.25, 0.3) is 0 Å². The maximum Gasteiger partial charge on any atom is 0.328 e. The van der Waals surface area contributed by atoms with Gasteiger partial charge >= 0.3 is 5.97 Å². The largest absolute Gasteiger partial charge is 0.480 e. The summed E-state index contributed by atoms with van der Waals surface area (Å²) >= 11 is 0. The van der Waals surface area contributed by atoms with Gasteiger partial charge in [0.15, 0.2) is 6.10 Å². The Bertz CT molecular complexity index is 586. The van der Waals surface area contributed by atoms with E-state index in [1.165, 1.54) is 11.8 Å². The number of carboxylic acid groups (broad SMARTS) is 1. The summed E-state index contributed by atoms with van der Waals surface area (Å²) in [6, 6.07) is 5.70. The molecule has 0 fully saturated rings. The third kappa shape index (κ3) is 3.13. The molecule has 1 heterocycles. The topological polar surface area (TPSA) is 95.9 Å². The molecule has 0 bridgehead atoms. The van der Waals surface area contributed by atoms with Crippen LogP contribution in [-0.4, -0.2) is 41.6 Å². The third-order valence-corrected chi connectivity index (χ3v) is 3.11. The second kappa shape index (κ2) is 5.82. The average molecular weight is 292 g/mol. The van der Waals surface area contributed by atoms with Crippen molar-refractivity contribution in [2.45, 2.75) is 26.0 Å². The monoisotopic (exact) mass is 292 g/mol. The fourth-order valence-corrected chi connectivity index (χ4v) is 2.16. The molecule has 2 unspecified atom stereocenters. The number of nitrogens with one attached hydrogen (secondary N) is 1. The Morgan fingerprint density at radius 3 is 2.71 bits per heavy atom. The second-order valence-corrected chi connectivity index (χ2v) is 4.77. The molecule has 1 aliphatic heterocycles. The van der Waals surface area contributed by atoms with Gasteiger partial charge < -0.3 is 20.1 Å². The molecule has 2 N–H and O–H groups in total. The van der Waals surface area contributed by atoms with E-state index in [9.17, 15) is 14.4 Å². The number of para-hydroxylation sites is 2. The highest BCUT2D eigenvalue weighted by Gasteiger charge is 2.34. The van der Waals surface area contributed by atoms with E-state index >= 15 is 0 Å². The van der Waals surface area contributed by atoms with E-state index < -0.39 is 24.0 Å². The van der Waals surface area contributed by atoms with Crippen molar-refractivity contribution in [2.75, 3.05) is 11.4 Å². The number of fused-ring (bicyclic) bond motifs is 1. The molecular weight excluding hydrogens is 276 g/mol. The first-order valence-electron chi connectivity index (χ1n) is 6.47. The molecule has 2 amide bonds. The summed E-state index contributed by atoms with van der Waals surface area (Å²) in [5.41, 5.74) is 0.497. The lowest BCUT2D eigenvalue weighted by Gasteiger charge is -2.34. The molecular formula is C14H16N2O5. The van der Waals surface area contributed by atoms with Gasteiger partial charge in [0.25, 0.3) is 5.91 Å². The Kier molecular flexibility index (Phi) is 4.11. The fourth-order valence-electron chi connectivity index (χ4n) is 2.16. The molecule has 0 aromatic heterocycles. The highest BCUT2D eigenvalue weighted by atomic mass is 16.5. The van der Waals surface area contributed by atoms with Crippen LogP contribution in [0.3, 0.4) is 0 Å². The first-order valence-corrected chi connectivity index (χ1v) is 6.47. The Hall–Kier alpha value is -2.57. The predicted molar refractivity (Wildman–Crippen MR) is 74.1 cm³/mol. The summed E-state index contributed by atoms with van der Waals surface area (Å²) in [6.45, 7) is 2.67. The van der Waals surface area contributed by atoms with Gasteiger partial charge in [0.1, 0.15) is 11.8 Å². The van der Waals surface area contributed by atoms with Gasteiger partial charge in [0, 0.05) is 6.92 Å². The normalized spacial score (nSPS) is 18.5. The molecule has 0 radical (unpaired) electrons. The number of amides is 2. The fraction of sp³-hybridized carbons (Fsp3) is 0.357. The van der Waals surface area contributed by atoms with Gasteiger partial charge in [-0.05, 0) is 19.1 Å². The number of rotatable bonds is 4. The van der Waals surface area contributed by atoms with Gasteiger partial charge in [-0.15, -0.1) is 0 Å². The summed E-state index contributed by atoms with van der Waals surface area (Å²) in [6.07, 6.45) is -0.702. The lowest BCUT2D eigenvalue weighted by atomic mass is 10.1. The summed E-state index contributed by atoms with van der Waals surface area (Å²) in [5, 5.41) is 11.5. The van der Waals surface area contributed by atoms with Crippen molar-refractivity contribution >= 4 is 23.5 Å². The standard InChI is InChI=1S/C14H16N2O5/c1-8-13(18)16(7-10(14(19)20)15-9(2)17)11-5-3-4-6-12(11)21-8/h3-6,8,10H,7H2,1-2H3,(H,15,17)(H,19,20). The summed E-state index contributed by atoms with van der Waals surface area (Å²) in [4.78, 5) is 35.9. The molecule has 21 heavy (non-hydrogen) atoms. The molecule has 2 rings (SSSR count). The molecule has 7 nitrogen and oxygen atoms in total. The van der Waals surface area contributed by atoms with Crippen LogP contribution < -0.4 is 15.0 Å². The first-order chi connectivity index (χ1) is 9.90. The number of ether oxygens (including phenoxy) is 1.